The van der Waals surface area contributed by atoms with Gasteiger partial charge in [-0.3, -0.25) is 9.69 Å². The summed E-state index contributed by atoms with van der Waals surface area (Å²) in [6, 6.07) is 7.83. The van der Waals surface area contributed by atoms with Gasteiger partial charge in [-0.2, -0.15) is 0 Å². The van der Waals surface area contributed by atoms with Gasteiger partial charge in [0.05, 0.1) is 0 Å². The first kappa shape index (κ1) is 13.5. The summed E-state index contributed by atoms with van der Waals surface area (Å²) >= 11 is 0. The normalized spacial score (nSPS) is 12.7. The van der Waals surface area contributed by atoms with E-state index in [2.05, 4.69) is 5.32 Å². The van der Waals surface area contributed by atoms with Crippen LogP contribution in [0.1, 0.15) is 10.4 Å². The van der Waals surface area contributed by atoms with Crippen LogP contribution in [0.25, 0.3) is 0 Å². The zero-order valence-electron chi connectivity index (χ0n) is 10.5. The predicted octanol–water partition coefficient (Wildman–Crippen LogP) is 1.07. The molecule has 0 spiro atoms. The maximum absolute atomic E-state index is 12.4. The third-order valence-corrected chi connectivity index (χ3v) is 2.44. The Morgan fingerprint density at radius 2 is 1.95 bits per heavy atom. The van der Waals surface area contributed by atoms with Gasteiger partial charge in [-0.25, -0.2) is 4.79 Å². The Bertz CT molecular complexity index is 554. The molecule has 1 aromatic rings. The maximum Gasteiger partial charge on any atom is 0.313 e. The number of benzene rings is 1. The number of nitrogens with two attached hydrogens (primary N) is 1. The molecule has 1 aliphatic rings. The second kappa shape index (κ2) is 6.28. The number of nitrogens with zero attached hydrogens (tertiary/aromatic N) is 1. The number of ether oxygens (including phenoxy) is 2. The van der Waals surface area contributed by atoms with Crippen LogP contribution in [0.3, 0.4) is 0 Å². The topological polar surface area (TPSA) is 93.9 Å². The number of nitrogens with one attached hydrogen (secondary N) is 1. The molecule has 3 N–H and O–H groups in total. The minimum Gasteiger partial charge on any atom is -0.464 e. The minimum atomic E-state index is -0.747. The van der Waals surface area contributed by atoms with Crippen LogP contribution in [0.2, 0.25) is 0 Å². The van der Waals surface area contributed by atoms with Crippen LogP contribution in [0.5, 0.6) is 0 Å². The third-order valence-electron chi connectivity index (χ3n) is 2.44. The van der Waals surface area contributed by atoms with Crippen molar-refractivity contribution in [2.24, 2.45) is 5.73 Å². The Balaban J connectivity index is 2.19. The van der Waals surface area contributed by atoms with Crippen molar-refractivity contribution in [1.82, 2.24) is 10.2 Å². The van der Waals surface area contributed by atoms with Crippen LogP contribution >= 0.6 is 0 Å². The van der Waals surface area contributed by atoms with E-state index >= 15 is 0 Å². The molecule has 1 aliphatic heterocycles. The average Bonchev–Trinajstić information content (AvgIpc) is 2.49. The summed E-state index contributed by atoms with van der Waals surface area (Å²) < 4.78 is 10.1. The lowest BCUT2D eigenvalue weighted by molar-refractivity contribution is 0.0665. The quantitative estimate of drug-likeness (QED) is 0.804. The van der Waals surface area contributed by atoms with E-state index in [0.29, 0.717) is 5.56 Å². The van der Waals surface area contributed by atoms with E-state index < -0.39 is 6.03 Å². The number of rotatable bonds is 4. The molecule has 3 amide bonds. The number of primary amides is 1. The lowest BCUT2D eigenvalue weighted by atomic mass is 10.2. The van der Waals surface area contributed by atoms with Crippen LogP contribution in [-0.2, 0) is 9.47 Å². The van der Waals surface area contributed by atoms with Gasteiger partial charge in [0, 0.05) is 5.56 Å². The number of urea groups is 1. The van der Waals surface area contributed by atoms with E-state index in [0.717, 1.165) is 0 Å². The summed E-state index contributed by atoms with van der Waals surface area (Å²) in [5.41, 5.74) is 5.46. The van der Waals surface area contributed by atoms with Crippen LogP contribution in [0.4, 0.5) is 4.79 Å². The van der Waals surface area contributed by atoms with Gasteiger partial charge < -0.3 is 20.5 Å². The highest BCUT2D eigenvalue weighted by Crippen LogP contribution is 2.14. The summed E-state index contributed by atoms with van der Waals surface area (Å²) in [7, 11) is 0. The van der Waals surface area contributed by atoms with Crippen molar-refractivity contribution in [2.45, 2.75) is 0 Å². The molecule has 0 fully saturated rings. The smallest absolute Gasteiger partial charge is 0.313 e. The highest BCUT2D eigenvalue weighted by atomic mass is 16.5. The van der Waals surface area contributed by atoms with E-state index in [4.69, 9.17) is 15.2 Å². The highest BCUT2D eigenvalue weighted by Gasteiger charge is 2.22. The van der Waals surface area contributed by atoms with Crippen LogP contribution in [0.15, 0.2) is 55.0 Å². The Labute approximate surface area is 115 Å². The van der Waals surface area contributed by atoms with Crippen LogP contribution < -0.4 is 11.1 Å². The molecule has 0 aliphatic carbocycles. The number of hydrogen-bond donors (Lipinski definition) is 2. The number of carbonyl (C=O) groups excluding carboxylic acids is 2. The van der Waals surface area contributed by atoms with E-state index in [1.54, 1.807) is 30.3 Å². The molecule has 104 valence electrons. The van der Waals surface area contributed by atoms with Gasteiger partial charge in [-0.05, 0) is 12.1 Å². The Morgan fingerprint density at radius 1 is 1.20 bits per heavy atom. The largest absolute Gasteiger partial charge is 0.464 e. The molecule has 1 aromatic carbocycles. The third kappa shape index (κ3) is 3.29. The van der Waals surface area contributed by atoms with Gasteiger partial charge in [0.2, 0.25) is 5.88 Å². The molecule has 20 heavy (non-hydrogen) atoms. The summed E-state index contributed by atoms with van der Waals surface area (Å²) in [6.45, 7) is -0.133. The second-order valence-electron chi connectivity index (χ2n) is 3.78. The summed E-state index contributed by atoms with van der Waals surface area (Å²) in [6.07, 6.45) is 3.85. The molecule has 0 saturated carbocycles. The first-order valence-electron chi connectivity index (χ1n) is 5.76. The Kier molecular flexibility index (Phi) is 4.23. The molecule has 0 saturated heterocycles. The van der Waals surface area contributed by atoms with Crippen molar-refractivity contribution in [2.75, 3.05) is 6.67 Å². The van der Waals surface area contributed by atoms with Gasteiger partial charge in [-0.1, -0.05) is 18.2 Å². The summed E-state index contributed by atoms with van der Waals surface area (Å²) in [5.74, 6) is -0.209. The van der Waals surface area contributed by atoms with Crippen LogP contribution in [-0.4, -0.2) is 23.5 Å². The lowest BCUT2D eigenvalue weighted by Gasteiger charge is -2.24. The zero-order chi connectivity index (χ0) is 14.4. The summed E-state index contributed by atoms with van der Waals surface area (Å²) in [5, 5.41) is 2.34. The van der Waals surface area contributed by atoms with Crippen molar-refractivity contribution >= 4 is 11.9 Å². The van der Waals surface area contributed by atoms with E-state index in [-0.39, 0.29) is 18.5 Å². The Morgan fingerprint density at radius 3 is 2.55 bits per heavy atom. The fraction of sp³-hybridized carbons (Fsp3) is 0.0769. The van der Waals surface area contributed by atoms with E-state index in [9.17, 15) is 9.59 Å². The van der Waals surface area contributed by atoms with Gasteiger partial charge in [-0.15, -0.1) is 0 Å². The summed E-state index contributed by atoms with van der Waals surface area (Å²) in [4.78, 5) is 24.4. The number of amides is 3. The van der Waals surface area contributed by atoms with Gasteiger partial charge in [0.25, 0.3) is 5.91 Å². The van der Waals surface area contributed by atoms with Crippen molar-refractivity contribution in [1.29, 1.82) is 0 Å². The van der Waals surface area contributed by atoms with Gasteiger partial charge in [0.15, 0.2) is 6.26 Å². The van der Waals surface area contributed by atoms with Crippen molar-refractivity contribution in [3.63, 3.8) is 0 Å². The lowest BCUT2D eigenvalue weighted by Crippen LogP contribution is -2.43. The fourth-order valence-electron chi connectivity index (χ4n) is 1.53. The standard InChI is InChI=1S/C13H13N3O4/c14-13(18)15-9-16(11-8-19-6-7-20-11)12(17)10-4-2-1-3-5-10/h1-8H,9H2,(H3,14,15,18). The van der Waals surface area contributed by atoms with Crippen molar-refractivity contribution in [3.05, 3.63) is 60.6 Å². The minimum absolute atomic E-state index is 0.133. The van der Waals surface area contributed by atoms with Gasteiger partial charge >= 0.3 is 6.03 Å². The monoisotopic (exact) mass is 275 g/mol. The predicted molar refractivity (Wildman–Crippen MR) is 69.6 cm³/mol. The SMILES string of the molecule is NC(=O)NCN(C(=O)c1ccccc1)C1=COC=CO1. The first-order valence-corrected chi connectivity index (χ1v) is 5.76. The molecule has 2 rings (SSSR count). The molecule has 0 bridgehead atoms. The maximum atomic E-state index is 12.4. The van der Waals surface area contributed by atoms with Crippen molar-refractivity contribution < 1.29 is 19.1 Å². The molecular formula is C13H13N3O4. The zero-order valence-corrected chi connectivity index (χ0v) is 10.5. The molecule has 0 radical (unpaired) electrons. The molecule has 0 unspecified atom stereocenters. The molecule has 0 aromatic heterocycles. The molecule has 7 nitrogen and oxygen atoms in total. The average molecular weight is 275 g/mol. The number of carbonyl (C=O) groups is 2. The molecule has 7 heteroatoms. The van der Waals surface area contributed by atoms with E-state index in [1.165, 1.54) is 23.7 Å². The number of hydrogen-bond acceptors (Lipinski definition) is 4. The molecule has 0 atom stereocenters. The second-order valence-corrected chi connectivity index (χ2v) is 3.78. The first-order chi connectivity index (χ1) is 9.68. The van der Waals surface area contributed by atoms with Crippen LogP contribution in [0, 0.1) is 0 Å². The Hall–Kier alpha value is -2.96. The van der Waals surface area contributed by atoms with E-state index in [1.807, 2.05) is 0 Å². The highest BCUT2D eigenvalue weighted by molar-refractivity contribution is 5.95. The molecule has 1 heterocycles. The molecular weight excluding hydrogens is 262 g/mol. The van der Waals surface area contributed by atoms with Gasteiger partial charge in [0.1, 0.15) is 19.2 Å². The fourth-order valence-corrected chi connectivity index (χ4v) is 1.53. The van der Waals surface area contributed by atoms with Crippen molar-refractivity contribution in [3.8, 4) is 0 Å².